The molecule has 12 heterocycles. The Bertz CT molecular complexity index is 10300. The van der Waals surface area contributed by atoms with Crippen LogP contribution in [0.4, 0.5) is 0 Å². The van der Waals surface area contributed by atoms with E-state index in [1.54, 1.807) is 0 Å². The number of thiophene rings is 2. The molecular formula is C120H74N16S2Si2. The summed E-state index contributed by atoms with van der Waals surface area (Å²) in [6, 6.07) is 164. The summed E-state index contributed by atoms with van der Waals surface area (Å²) in [7, 11) is -6.18. The Morgan fingerprint density at radius 3 is 0.964 bits per heavy atom. The van der Waals surface area contributed by atoms with E-state index < -0.39 is 16.1 Å². The molecule has 0 aliphatic heterocycles. The van der Waals surface area contributed by atoms with Gasteiger partial charge in [0.25, 0.3) is 0 Å². The van der Waals surface area contributed by atoms with E-state index in [1.807, 2.05) is 34.8 Å². The molecule has 20 heteroatoms. The predicted octanol–water partition coefficient (Wildman–Crippen LogP) is 22.7. The molecule has 30 rings (SSSR count). The number of nitrogens with zero attached hydrogens (tertiary/aromatic N) is 16. The highest BCUT2D eigenvalue weighted by molar-refractivity contribution is 7.31. The van der Waals surface area contributed by atoms with Gasteiger partial charge in [0.05, 0.1) is 99.7 Å². The van der Waals surface area contributed by atoms with Gasteiger partial charge in [0.2, 0.25) is 35.0 Å². The minimum Gasteiger partial charge on any atom is -0.276 e. The molecule has 0 spiro atoms. The predicted molar refractivity (Wildman–Crippen MR) is 579 cm³/mol. The Morgan fingerprint density at radius 1 is 0.186 bits per heavy atom. The average Bonchev–Trinajstić information content (AvgIpc) is 1.53. The number of fused-ring (bicyclic) bond motifs is 26. The second kappa shape index (κ2) is 30.3. The molecule has 16 nitrogen and oxygen atoms in total. The fraction of sp³-hybridized carbons (Fsp3) is 0. The molecule has 30 aromatic rings. The third kappa shape index (κ3) is 11.4. The molecule has 18 aromatic carbocycles. The lowest BCUT2D eigenvalue weighted by Gasteiger charge is -2.35. The maximum atomic E-state index is 5.78. The van der Waals surface area contributed by atoms with Crippen molar-refractivity contribution >= 4 is 232 Å². The summed E-state index contributed by atoms with van der Waals surface area (Å²) >= 11 is 3.75. The van der Waals surface area contributed by atoms with Crippen molar-refractivity contribution in [2.45, 2.75) is 0 Å². The summed E-state index contributed by atoms with van der Waals surface area (Å²) in [5.41, 5.74) is 20.2. The van der Waals surface area contributed by atoms with Crippen LogP contribution < -0.4 is 41.5 Å². The molecule has 0 fully saturated rings. The third-order valence-corrected chi connectivity index (χ3v) is 41.0. The Kier molecular flexibility index (Phi) is 17.0. The lowest BCUT2D eigenvalue weighted by Crippen LogP contribution is -2.74. The molecule has 654 valence electrons. The summed E-state index contributed by atoms with van der Waals surface area (Å²) in [4.78, 5) is 45.1. The van der Waals surface area contributed by atoms with Gasteiger partial charge in [0.1, 0.15) is 11.6 Å². The molecule has 0 amide bonds. The lowest BCUT2D eigenvalue weighted by atomic mass is 10.0. The fourth-order valence-electron chi connectivity index (χ4n) is 22.8. The van der Waals surface area contributed by atoms with E-state index in [4.69, 9.17) is 39.9 Å². The first-order valence-electron chi connectivity index (χ1n) is 47.0. The number of imidazole rings is 8. The van der Waals surface area contributed by atoms with Crippen molar-refractivity contribution in [2.75, 3.05) is 0 Å². The summed E-state index contributed by atoms with van der Waals surface area (Å²) in [5, 5.41) is 15.5. The van der Waals surface area contributed by atoms with E-state index >= 15 is 0 Å². The maximum absolute atomic E-state index is 5.78. The SMILES string of the molecule is c1ccc([Si](c2ccccc2)(c2ccc(-c3cc(-n4c5ccccc5n5c6cc(-c7ccc8nc9n(-c%10nc(-c%11ccc([Si](c%12ccccc%12)(c%12ccccc%12)c%12cccc%13c%12sc%12ccccc%12%13)cc%11)cc(-n%11c%12ccccc%12n%12c%13ccccc%13nc%11%12)n%10)c%10ccccc%10n9c8c7)ccc6nc45)nc(-n4c5ccccc5n5c6ccccc6nc45)n3)cc2)c2ccc3sc4ccccc4c3c2)cc1. The monoisotopic (exact) mass is 1860 g/mol. The molecule has 0 saturated carbocycles. The van der Waals surface area contributed by atoms with Gasteiger partial charge in [-0.15, -0.1) is 22.7 Å². The average molecular weight is 1860 g/mol. The van der Waals surface area contributed by atoms with Crippen LogP contribution in [0.25, 0.3) is 209 Å². The van der Waals surface area contributed by atoms with Crippen molar-refractivity contribution in [3.05, 3.63) is 449 Å². The molecule has 0 atom stereocenters. The second-order valence-corrected chi connectivity index (χ2v) is 45.9. The first-order chi connectivity index (χ1) is 69.4. The van der Waals surface area contributed by atoms with Crippen LogP contribution in [0.15, 0.2) is 449 Å². The second-order valence-electron chi connectivity index (χ2n) is 36.2. The van der Waals surface area contributed by atoms with E-state index in [1.165, 1.54) is 81.8 Å². The Labute approximate surface area is 807 Å². The Morgan fingerprint density at radius 2 is 0.507 bits per heavy atom. The van der Waals surface area contributed by atoms with Gasteiger partial charge < -0.3 is 0 Å². The lowest BCUT2D eigenvalue weighted by molar-refractivity contribution is 0.929. The Balaban J connectivity index is 0.580. The van der Waals surface area contributed by atoms with Crippen molar-refractivity contribution < 1.29 is 0 Å². The van der Waals surface area contributed by atoms with Gasteiger partial charge >= 0.3 is 0 Å². The zero-order valence-corrected chi connectivity index (χ0v) is 78.3. The molecular weight excluding hydrogens is 1790 g/mol. The van der Waals surface area contributed by atoms with E-state index in [0.717, 1.165) is 128 Å². The van der Waals surface area contributed by atoms with Gasteiger partial charge in [-0.05, 0) is 168 Å². The number of rotatable bonds is 15. The van der Waals surface area contributed by atoms with Gasteiger partial charge in [0.15, 0.2) is 16.1 Å². The number of hydrogen-bond acceptors (Lipinski definition) is 10. The Hall–Kier alpha value is -17.9. The van der Waals surface area contributed by atoms with Crippen LogP contribution in [0.5, 0.6) is 0 Å². The van der Waals surface area contributed by atoms with Crippen LogP contribution in [0.1, 0.15) is 0 Å². The van der Waals surface area contributed by atoms with Crippen molar-refractivity contribution in [3.8, 4) is 57.2 Å². The van der Waals surface area contributed by atoms with E-state index in [2.05, 4.69) is 473 Å². The van der Waals surface area contributed by atoms with Crippen molar-refractivity contribution in [1.29, 1.82) is 0 Å². The summed E-state index contributed by atoms with van der Waals surface area (Å²) in [6.45, 7) is 0. The van der Waals surface area contributed by atoms with Gasteiger partial charge in [-0.25, -0.2) is 39.0 Å². The first kappa shape index (κ1) is 78.4. The molecule has 0 radical (unpaired) electrons. The van der Waals surface area contributed by atoms with Gasteiger partial charge in [0, 0.05) is 63.6 Å². The fourth-order valence-corrected chi connectivity index (χ4v) is 35.1. The summed E-state index contributed by atoms with van der Waals surface area (Å²) in [6.07, 6.45) is 0. The molecule has 0 N–H and O–H groups in total. The molecule has 0 saturated heterocycles. The number of para-hydroxylation sites is 12. The summed E-state index contributed by atoms with van der Waals surface area (Å²) in [5.74, 6) is 5.01. The molecule has 0 unspecified atom stereocenters. The largest absolute Gasteiger partial charge is 0.276 e. The zero-order chi connectivity index (χ0) is 91.6. The molecule has 0 aliphatic carbocycles. The molecule has 140 heavy (non-hydrogen) atoms. The molecule has 0 aliphatic rings. The van der Waals surface area contributed by atoms with Crippen LogP contribution in [-0.4, -0.2) is 91.9 Å². The quantitative estimate of drug-likeness (QED) is 0.0730. The minimum atomic E-state index is -3.11. The third-order valence-electron chi connectivity index (χ3n) is 28.9. The smallest absolute Gasteiger partial charge is 0.239 e. The number of benzene rings is 18. The maximum Gasteiger partial charge on any atom is 0.239 e. The normalized spacial score (nSPS) is 12.4. The van der Waals surface area contributed by atoms with Crippen LogP contribution >= 0.6 is 22.7 Å². The highest BCUT2D eigenvalue weighted by Gasteiger charge is 2.45. The van der Waals surface area contributed by atoms with Crippen LogP contribution in [0.3, 0.4) is 0 Å². The van der Waals surface area contributed by atoms with Gasteiger partial charge in [-0.3, -0.25) is 26.7 Å². The van der Waals surface area contributed by atoms with Crippen LogP contribution in [-0.2, 0) is 0 Å². The minimum absolute atomic E-state index is 0.452. The van der Waals surface area contributed by atoms with Gasteiger partial charge in [-0.2, -0.15) is 9.97 Å². The summed E-state index contributed by atoms with van der Waals surface area (Å²) < 4.78 is 22.8. The number of hydrogen-bond donors (Lipinski definition) is 0. The van der Waals surface area contributed by atoms with E-state index in [0.29, 0.717) is 40.9 Å². The van der Waals surface area contributed by atoms with Gasteiger partial charge in [-0.1, -0.05) is 322 Å². The highest BCUT2D eigenvalue weighted by Crippen LogP contribution is 2.42. The zero-order valence-electron chi connectivity index (χ0n) is 74.7. The topological polar surface area (TPSA) is 140 Å². The first-order valence-corrected chi connectivity index (χ1v) is 52.7. The van der Waals surface area contributed by atoms with Crippen molar-refractivity contribution in [3.63, 3.8) is 0 Å². The molecule has 12 aromatic heterocycles. The highest BCUT2D eigenvalue weighted by atomic mass is 32.1. The van der Waals surface area contributed by atoms with E-state index in [-0.39, 0.29) is 0 Å². The van der Waals surface area contributed by atoms with Crippen molar-refractivity contribution in [2.24, 2.45) is 0 Å². The standard InChI is InChI=1S/C120H74N16S2Si2/c1-5-30-79(31-6-1)139(80-32-7-2-8-33-80,85-66-69-110-89(72-85)87-39-14-27-53-108(87)137-110)83-62-56-75(57-63-83)94-74-113(128-115(121-94)135-104-51-25-21-47-100(104)130-97-44-18-16-42-91(97)124-119(130)135)134-103-50-24-20-46-99(103)131-106-70-77(60-67-92(106)125-118(131)134)78-61-68-93-107(71-78)132-101-48-22-26-52-105(101)136(120(132)126-93)116-122-95(73-112(127-116)133-102-49-23-19-45-98(102)129-96-43-17-15-41-90(96)123-117(129)133)76-58-64-84(65-59-76)140(81-34-9-3-10-35-81,82-36-11-4-12-37-82)111-55-29-40-88-86-38-13-28-54-109(86)138-114(88)111/h1-74H. The van der Waals surface area contributed by atoms with E-state index in [9.17, 15) is 0 Å². The van der Waals surface area contributed by atoms with Crippen LogP contribution in [0, 0.1) is 0 Å². The van der Waals surface area contributed by atoms with Crippen molar-refractivity contribution in [1.82, 2.24) is 75.7 Å². The van der Waals surface area contributed by atoms with Crippen LogP contribution in [0.2, 0.25) is 0 Å². The molecule has 0 bridgehead atoms. The number of aromatic nitrogens is 16.